The van der Waals surface area contributed by atoms with Crippen LogP contribution in [0.25, 0.3) is 0 Å². The molecule has 2 aliphatic heterocycles. The summed E-state index contributed by atoms with van der Waals surface area (Å²) in [4.78, 5) is 34.2. The van der Waals surface area contributed by atoms with Crippen molar-refractivity contribution in [3.8, 4) is 11.6 Å². The second-order valence-corrected chi connectivity index (χ2v) is 10.3. The van der Waals surface area contributed by atoms with E-state index in [0.717, 1.165) is 0 Å². The van der Waals surface area contributed by atoms with Crippen LogP contribution in [0.1, 0.15) is 27.1 Å². The number of amides is 2. The molecule has 2 atom stereocenters. The molecule has 2 amide bonds. The van der Waals surface area contributed by atoms with E-state index in [1.807, 2.05) is 4.90 Å². The molecule has 186 valence electrons. The van der Waals surface area contributed by atoms with Gasteiger partial charge in [-0.1, -0.05) is 23.2 Å². The van der Waals surface area contributed by atoms with E-state index < -0.39 is 0 Å². The van der Waals surface area contributed by atoms with Crippen LogP contribution in [0.15, 0.2) is 65.3 Å². The van der Waals surface area contributed by atoms with Crippen LogP contribution in [-0.4, -0.2) is 65.0 Å². The van der Waals surface area contributed by atoms with Crippen LogP contribution < -0.4 is 4.74 Å². The Hall–Kier alpha value is -2.65. The first-order valence-electron chi connectivity index (χ1n) is 11.5. The van der Waals surface area contributed by atoms with Crippen molar-refractivity contribution in [2.45, 2.75) is 18.6 Å². The first kappa shape index (κ1) is 25.0. The van der Waals surface area contributed by atoms with Gasteiger partial charge in [0.15, 0.2) is 0 Å². The molecule has 5 rings (SSSR count). The number of rotatable bonds is 4. The summed E-state index contributed by atoms with van der Waals surface area (Å²) in [6, 6.07) is 15.4. The van der Waals surface area contributed by atoms with E-state index in [1.165, 1.54) is 6.20 Å². The van der Waals surface area contributed by atoms with Gasteiger partial charge in [0.2, 0.25) is 5.88 Å². The Labute approximate surface area is 227 Å². The molecule has 2 aliphatic rings. The third-order valence-electron chi connectivity index (χ3n) is 6.33. The number of pyridine rings is 1. The second-order valence-electron chi connectivity index (χ2n) is 8.58. The van der Waals surface area contributed by atoms with Gasteiger partial charge >= 0.3 is 0 Å². The van der Waals surface area contributed by atoms with Crippen molar-refractivity contribution in [2.75, 3.05) is 26.2 Å². The van der Waals surface area contributed by atoms with Crippen molar-refractivity contribution >= 4 is 50.9 Å². The zero-order valence-corrected chi connectivity index (χ0v) is 22.2. The number of hydrogen-bond acceptors (Lipinski definition) is 5. The molecule has 0 bridgehead atoms. The highest BCUT2D eigenvalue weighted by molar-refractivity contribution is 9.10. The Morgan fingerprint density at radius 2 is 1.78 bits per heavy atom. The lowest BCUT2D eigenvalue weighted by atomic mass is 9.96. The lowest BCUT2D eigenvalue weighted by Crippen LogP contribution is -2.61. The van der Waals surface area contributed by atoms with Gasteiger partial charge in [-0.05, 0) is 70.9 Å². The number of morpholine rings is 1. The largest absolute Gasteiger partial charge is 0.439 e. The molecule has 36 heavy (non-hydrogen) atoms. The van der Waals surface area contributed by atoms with Crippen molar-refractivity contribution in [1.29, 1.82) is 0 Å². The molecule has 2 aromatic carbocycles. The highest BCUT2D eigenvalue weighted by Crippen LogP contribution is 2.29. The predicted molar refractivity (Wildman–Crippen MR) is 140 cm³/mol. The van der Waals surface area contributed by atoms with Crippen LogP contribution in [0.3, 0.4) is 0 Å². The highest BCUT2D eigenvalue weighted by atomic mass is 79.9. The van der Waals surface area contributed by atoms with E-state index in [9.17, 15) is 9.59 Å². The summed E-state index contributed by atoms with van der Waals surface area (Å²) in [7, 11) is 0. The molecule has 0 unspecified atom stereocenters. The fraction of sp³-hybridized carbons (Fsp3) is 0.269. The number of hydrogen-bond donors (Lipinski definition) is 0. The van der Waals surface area contributed by atoms with Crippen LogP contribution in [0.2, 0.25) is 10.0 Å². The fourth-order valence-corrected chi connectivity index (χ4v) is 5.12. The van der Waals surface area contributed by atoms with Crippen LogP contribution in [0, 0.1) is 0 Å². The van der Waals surface area contributed by atoms with Gasteiger partial charge in [0, 0.05) is 47.5 Å². The van der Waals surface area contributed by atoms with Crippen molar-refractivity contribution < 1.29 is 19.1 Å². The Morgan fingerprint density at radius 1 is 1.00 bits per heavy atom. The zero-order valence-electron chi connectivity index (χ0n) is 19.1. The Kier molecular flexibility index (Phi) is 7.48. The zero-order chi connectivity index (χ0) is 25.2. The molecule has 10 heteroatoms. The summed E-state index contributed by atoms with van der Waals surface area (Å²) in [6.07, 6.45) is 1.91. The molecule has 3 heterocycles. The van der Waals surface area contributed by atoms with Crippen LogP contribution in [-0.2, 0) is 4.74 Å². The number of likely N-dealkylation sites (tertiary alicyclic amines) is 1. The first-order chi connectivity index (χ1) is 17.4. The van der Waals surface area contributed by atoms with E-state index in [1.54, 1.807) is 59.5 Å². The van der Waals surface area contributed by atoms with Crippen molar-refractivity contribution in [3.63, 3.8) is 0 Å². The molecule has 2 fully saturated rings. The van der Waals surface area contributed by atoms with E-state index >= 15 is 0 Å². The Bertz CT molecular complexity index is 1270. The number of aromatic nitrogens is 1. The molecule has 7 nitrogen and oxygen atoms in total. The summed E-state index contributed by atoms with van der Waals surface area (Å²) >= 11 is 15.3. The summed E-state index contributed by atoms with van der Waals surface area (Å²) in [6.45, 7) is 1.89. The molecular weight excluding hydrogens is 569 g/mol. The van der Waals surface area contributed by atoms with Gasteiger partial charge in [-0.2, -0.15) is 0 Å². The van der Waals surface area contributed by atoms with Crippen LogP contribution >= 0.6 is 39.1 Å². The van der Waals surface area contributed by atoms with Crippen molar-refractivity contribution in [3.05, 3.63) is 86.4 Å². The minimum atomic E-state index is -0.241. The normalized spacial score (nSPS) is 19.5. The Balaban J connectivity index is 1.24. The number of fused-ring (bicyclic) bond motifs is 1. The van der Waals surface area contributed by atoms with Gasteiger partial charge in [-0.15, -0.1) is 0 Å². The summed E-state index contributed by atoms with van der Waals surface area (Å²) in [5.74, 6) is 0.846. The minimum Gasteiger partial charge on any atom is -0.439 e. The average Bonchev–Trinajstić information content (AvgIpc) is 2.90. The standard InChI is InChI=1S/C26H22BrCl2N3O4/c27-20-13-17(3-7-21(20)29)25(33)31-10-9-22-23(15-31)35-12-11-32(22)26(34)16-1-5-19(6-2-16)36-24-8-4-18(28)14-30-24/h1-8,13-14,22-23H,9-12,15H2/t22-,23-/m0/s1. The minimum absolute atomic E-state index is 0.0640. The lowest BCUT2D eigenvalue weighted by molar-refractivity contribution is -0.0865. The van der Waals surface area contributed by atoms with Crippen molar-refractivity contribution in [1.82, 2.24) is 14.8 Å². The van der Waals surface area contributed by atoms with Gasteiger partial charge < -0.3 is 19.3 Å². The summed E-state index contributed by atoms with van der Waals surface area (Å²) in [5.41, 5.74) is 1.13. The molecule has 3 aromatic rings. The molecule has 1 aromatic heterocycles. The molecule has 0 radical (unpaired) electrons. The molecule has 0 spiro atoms. The highest BCUT2D eigenvalue weighted by Gasteiger charge is 2.40. The van der Waals surface area contributed by atoms with E-state index in [-0.39, 0.29) is 24.0 Å². The van der Waals surface area contributed by atoms with E-state index in [4.69, 9.17) is 32.7 Å². The number of ether oxygens (including phenoxy) is 2. The maximum Gasteiger partial charge on any atom is 0.254 e. The third-order valence-corrected chi connectivity index (χ3v) is 7.76. The van der Waals surface area contributed by atoms with Gasteiger partial charge in [-0.3, -0.25) is 9.59 Å². The number of nitrogens with zero attached hydrogens (tertiary/aromatic N) is 3. The van der Waals surface area contributed by atoms with Crippen LogP contribution in [0.4, 0.5) is 0 Å². The predicted octanol–water partition coefficient (Wildman–Crippen LogP) is 5.70. The quantitative estimate of drug-likeness (QED) is 0.390. The average molecular weight is 591 g/mol. The molecule has 0 aliphatic carbocycles. The fourth-order valence-electron chi connectivity index (χ4n) is 4.52. The third kappa shape index (κ3) is 5.37. The molecule has 2 saturated heterocycles. The smallest absolute Gasteiger partial charge is 0.254 e. The molecule has 0 saturated carbocycles. The summed E-state index contributed by atoms with van der Waals surface area (Å²) in [5, 5.41) is 1.08. The lowest BCUT2D eigenvalue weighted by Gasteiger charge is -2.46. The Morgan fingerprint density at radius 3 is 2.50 bits per heavy atom. The second kappa shape index (κ2) is 10.8. The van der Waals surface area contributed by atoms with E-state index in [0.29, 0.717) is 69.9 Å². The van der Waals surface area contributed by atoms with Gasteiger partial charge in [0.25, 0.3) is 11.8 Å². The monoisotopic (exact) mass is 589 g/mol. The number of benzene rings is 2. The molecule has 0 N–H and O–H groups in total. The summed E-state index contributed by atoms with van der Waals surface area (Å²) < 4.78 is 12.4. The first-order valence-corrected chi connectivity index (χ1v) is 13.0. The van der Waals surface area contributed by atoms with E-state index in [2.05, 4.69) is 20.9 Å². The van der Waals surface area contributed by atoms with Gasteiger partial charge in [-0.25, -0.2) is 4.98 Å². The topological polar surface area (TPSA) is 72.0 Å². The van der Waals surface area contributed by atoms with Crippen LogP contribution in [0.5, 0.6) is 11.6 Å². The van der Waals surface area contributed by atoms with Gasteiger partial charge in [0.05, 0.1) is 28.8 Å². The van der Waals surface area contributed by atoms with Gasteiger partial charge in [0.1, 0.15) is 5.75 Å². The maximum absolute atomic E-state index is 13.4. The number of piperidine rings is 1. The number of carbonyl (C=O) groups excluding carboxylic acids is 2. The SMILES string of the molecule is O=C(c1ccc(Cl)c(Br)c1)N1CC[C@H]2[C@H](C1)OCCN2C(=O)c1ccc(Oc2ccc(Cl)cn2)cc1. The number of carbonyl (C=O) groups is 2. The molecular formula is C26H22BrCl2N3O4. The number of halogens is 3. The van der Waals surface area contributed by atoms with Crippen molar-refractivity contribution in [2.24, 2.45) is 0 Å². The maximum atomic E-state index is 13.4.